The van der Waals surface area contributed by atoms with Gasteiger partial charge in [0, 0.05) is 17.9 Å². The van der Waals surface area contributed by atoms with E-state index in [1.807, 2.05) is 19.1 Å². The molecule has 0 aromatic heterocycles. The summed E-state index contributed by atoms with van der Waals surface area (Å²) in [5, 5.41) is 53.1. The molecule has 7 heteroatoms. The van der Waals surface area contributed by atoms with E-state index in [4.69, 9.17) is 4.74 Å². The van der Waals surface area contributed by atoms with Crippen molar-refractivity contribution in [3.8, 4) is 0 Å². The largest absolute Gasteiger partial charge is 0.396 e. The highest BCUT2D eigenvalue weighted by Gasteiger charge is 2.64. The van der Waals surface area contributed by atoms with E-state index in [0.717, 1.165) is 42.3 Å². The van der Waals surface area contributed by atoms with Gasteiger partial charge in [0.2, 0.25) is 0 Å². The highest BCUT2D eigenvalue weighted by Crippen LogP contribution is 2.63. The van der Waals surface area contributed by atoms with Crippen molar-refractivity contribution in [2.75, 3.05) is 26.4 Å². The Morgan fingerprint density at radius 1 is 1.14 bits per heavy atom. The van der Waals surface area contributed by atoms with E-state index in [9.17, 15) is 30.3 Å². The van der Waals surface area contributed by atoms with Gasteiger partial charge in [-0.05, 0) is 114 Å². The first kappa shape index (κ1) is 36.6. The van der Waals surface area contributed by atoms with Crippen molar-refractivity contribution >= 4 is 6.29 Å². The summed E-state index contributed by atoms with van der Waals surface area (Å²) in [6, 6.07) is 0. The summed E-state index contributed by atoms with van der Waals surface area (Å²) in [7, 11) is 0. The quantitative estimate of drug-likeness (QED) is 0.0712. The highest BCUT2D eigenvalue weighted by molar-refractivity contribution is 5.74. The van der Waals surface area contributed by atoms with Crippen LogP contribution in [-0.2, 0) is 9.53 Å². The molecule has 0 aromatic carbocycles. The van der Waals surface area contributed by atoms with Crippen LogP contribution in [0.2, 0.25) is 0 Å². The Bertz CT molecular complexity index is 1100. The van der Waals surface area contributed by atoms with E-state index >= 15 is 0 Å². The normalized spacial score (nSPS) is 32.3. The Balaban J connectivity index is 1.98. The van der Waals surface area contributed by atoms with E-state index in [1.165, 1.54) is 18.4 Å². The van der Waals surface area contributed by atoms with Crippen LogP contribution >= 0.6 is 0 Å². The molecule has 5 N–H and O–H groups in total. The average molecular weight is 615 g/mol. The van der Waals surface area contributed by atoms with Crippen LogP contribution < -0.4 is 0 Å². The van der Waals surface area contributed by atoms with Gasteiger partial charge in [0.15, 0.2) is 0 Å². The number of allylic oxidation sites excluding steroid dienone is 8. The lowest BCUT2D eigenvalue weighted by atomic mass is 9.52. The number of aliphatic hydroxyl groups is 5. The third-order valence-corrected chi connectivity index (χ3v) is 11.1. The molecule has 1 spiro atoms. The third-order valence-electron chi connectivity index (χ3n) is 11.1. The van der Waals surface area contributed by atoms with Crippen molar-refractivity contribution in [1.29, 1.82) is 0 Å². The van der Waals surface area contributed by atoms with Crippen LogP contribution in [0.5, 0.6) is 0 Å². The van der Waals surface area contributed by atoms with Crippen molar-refractivity contribution in [1.82, 2.24) is 0 Å². The Hall–Kier alpha value is -1.87. The summed E-state index contributed by atoms with van der Waals surface area (Å²) < 4.78 is 5.84. The lowest BCUT2D eigenvalue weighted by molar-refractivity contribution is -0.167. The molecule has 0 amide bonds. The van der Waals surface area contributed by atoms with Crippen LogP contribution in [0.25, 0.3) is 0 Å². The minimum atomic E-state index is -1.17. The van der Waals surface area contributed by atoms with E-state index in [-0.39, 0.29) is 37.1 Å². The van der Waals surface area contributed by atoms with Gasteiger partial charge in [-0.15, -0.1) is 0 Å². The molecule has 3 aliphatic carbocycles. The second kappa shape index (κ2) is 16.1. The zero-order valence-electron chi connectivity index (χ0n) is 27.6. The maximum absolute atomic E-state index is 12.2. The van der Waals surface area contributed by atoms with Gasteiger partial charge in [-0.25, -0.2) is 0 Å². The number of hydrogen-bond acceptors (Lipinski definition) is 7. The first-order chi connectivity index (χ1) is 20.9. The molecule has 3 rings (SSSR count). The molecular formula is C37H58O7. The Morgan fingerprint density at radius 3 is 2.45 bits per heavy atom. The number of hydrogen-bond donors (Lipinski definition) is 5. The predicted molar refractivity (Wildman–Crippen MR) is 175 cm³/mol. The Kier molecular flexibility index (Phi) is 13.4. The van der Waals surface area contributed by atoms with Gasteiger partial charge >= 0.3 is 0 Å². The fraction of sp³-hybridized carbons (Fsp3) is 0.703. The zero-order chi connectivity index (χ0) is 32.5. The first-order valence-electron chi connectivity index (χ1n) is 16.6. The molecule has 0 aliphatic heterocycles. The van der Waals surface area contributed by atoms with Gasteiger partial charge in [-0.2, -0.15) is 0 Å². The summed E-state index contributed by atoms with van der Waals surface area (Å²) in [5.41, 5.74) is 2.87. The van der Waals surface area contributed by atoms with Gasteiger partial charge in [0.1, 0.15) is 12.4 Å². The Labute approximate surface area is 265 Å². The standard InChI is InChI=1S/C37H58O7/c1-26(2)13-19-36(16-6-7-17-36)28(4)10-8-11-29(24-44-25-30(41)23-40)32-15-20-37(34(32)42)33(12-9-21-38)31(27(3)22-39)14-18-35(37,5)43/h8,10-11,13,22,30,32-34,38,40-43H,4,6-7,9,12,14-21,23-25H2,1-3,5H3/b10-8+,29-11-,31-27-/t30-,32+,33+,34-,35-,37-/m1/s1. The molecular weight excluding hydrogens is 556 g/mol. The molecule has 0 aromatic rings. The smallest absolute Gasteiger partial charge is 0.145 e. The summed E-state index contributed by atoms with van der Waals surface area (Å²) >= 11 is 0. The van der Waals surface area contributed by atoms with Crippen LogP contribution in [0.1, 0.15) is 98.3 Å². The lowest BCUT2D eigenvalue weighted by Gasteiger charge is -2.55. The fourth-order valence-corrected chi connectivity index (χ4v) is 8.38. The van der Waals surface area contributed by atoms with Crippen molar-refractivity contribution in [3.63, 3.8) is 0 Å². The van der Waals surface area contributed by atoms with Crippen molar-refractivity contribution in [2.24, 2.45) is 22.7 Å². The monoisotopic (exact) mass is 614 g/mol. The second-order valence-electron chi connectivity index (χ2n) is 14.1. The van der Waals surface area contributed by atoms with Crippen LogP contribution in [0.4, 0.5) is 0 Å². The maximum atomic E-state index is 12.2. The minimum Gasteiger partial charge on any atom is -0.396 e. The highest BCUT2D eigenvalue weighted by atomic mass is 16.5. The molecule has 7 nitrogen and oxygen atoms in total. The molecule has 0 unspecified atom stereocenters. The van der Waals surface area contributed by atoms with Crippen molar-refractivity contribution in [2.45, 2.75) is 116 Å². The number of carbonyl (C=O) groups is 1. The molecule has 0 bridgehead atoms. The van der Waals surface area contributed by atoms with E-state index in [1.54, 1.807) is 6.92 Å². The summed E-state index contributed by atoms with van der Waals surface area (Å²) in [5.74, 6) is -0.557. The van der Waals surface area contributed by atoms with Crippen LogP contribution in [0, 0.1) is 22.7 Å². The molecule has 3 saturated carbocycles. The average Bonchev–Trinajstić information content (AvgIpc) is 3.62. The second-order valence-corrected chi connectivity index (χ2v) is 14.1. The zero-order valence-corrected chi connectivity index (χ0v) is 27.6. The minimum absolute atomic E-state index is 0.00235. The van der Waals surface area contributed by atoms with Gasteiger partial charge < -0.3 is 30.3 Å². The molecule has 6 atom stereocenters. The maximum Gasteiger partial charge on any atom is 0.145 e. The van der Waals surface area contributed by atoms with Crippen LogP contribution in [0.3, 0.4) is 0 Å². The van der Waals surface area contributed by atoms with E-state index in [0.29, 0.717) is 44.1 Å². The third kappa shape index (κ3) is 7.91. The SMILES string of the molecule is C=C(/C=C/C=C(/COC[C@H](O)CO)[C@@H]1CC[C@]2([C@@H]1O)[C@@H](CCCO)/C(=C(/C)C=O)CC[C@@]2(C)O)C1(CC=C(C)C)CCCC1. The number of rotatable bonds is 15. The first-order valence-corrected chi connectivity index (χ1v) is 16.6. The molecule has 3 fully saturated rings. The molecule has 0 saturated heterocycles. The van der Waals surface area contributed by atoms with Gasteiger partial charge in [-0.1, -0.05) is 54.9 Å². The predicted octanol–water partition coefficient (Wildman–Crippen LogP) is 5.52. The van der Waals surface area contributed by atoms with Gasteiger partial charge in [0.25, 0.3) is 0 Å². The summed E-state index contributed by atoms with van der Waals surface area (Å²) in [6.45, 7) is 12.1. The summed E-state index contributed by atoms with van der Waals surface area (Å²) in [6.07, 6.45) is 16.2. The number of ether oxygens (including phenoxy) is 1. The molecule has 3 aliphatic rings. The Morgan fingerprint density at radius 2 is 1.84 bits per heavy atom. The van der Waals surface area contributed by atoms with E-state index < -0.39 is 29.8 Å². The van der Waals surface area contributed by atoms with Crippen LogP contribution in [0.15, 0.2) is 58.7 Å². The summed E-state index contributed by atoms with van der Waals surface area (Å²) in [4.78, 5) is 11.9. The topological polar surface area (TPSA) is 127 Å². The van der Waals surface area contributed by atoms with Gasteiger partial charge in [0.05, 0.1) is 31.5 Å². The molecule has 0 heterocycles. The van der Waals surface area contributed by atoms with Crippen molar-refractivity contribution in [3.05, 3.63) is 58.7 Å². The molecule has 248 valence electrons. The number of aliphatic hydroxyl groups excluding tert-OH is 4. The van der Waals surface area contributed by atoms with E-state index in [2.05, 4.69) is 32.6 Å². The molecule has 0 radical (unpaired) electrons. The number of aldehydes is 1. The molecule has 44 heavy (non-hydrogen) atoms. The number of carbonyl (C=O) groups excluding carboxylic acids is 1. The van der Waals surface area contributed by atoms with Crippen LogP contribution in [-0.4, -0.2) is 76.1 Å². The lowest BCUT2D eigenvalue weighted by Crippen LogP contribution is -2.59. The fourth-order valence-electron chi connectivity index (χ4n) is 8.38. The van der Waals surface area contributed by atoms with Gasteiger partial charge in [-0.3, -0.25) is 4.79 Å². The van der Waals surface area contributed by atoms with Crippen molar-refractivity contribution < 1.29 is 35.1 Å².